The molecule has 0 bridgehead atoms. The van der Waals surface area contributed by atoms with Crippen LogP contribution in [0.15, 0.2) is 54.6 Å². The SMILES string of the molecule is CCOc1ccccc1NC(=O)[C@@H](c1ccccc1)N(C)S(C)(=O)=O. The summed E-state index contributed by atoms with van der Waals surface area (Å²) >= 11 is 0. The van der Waals surface area contributed by atoms with Crippen molar-refractivity contribution in [1.29, 1.82) is 0 Å². The van der Waals surface area contributed by atoms with Crippen LogP contribution in [0, 0.1) is 0 Å². The summed E-state index contributed by atoms with van der Waals surface area (Å²) in [4.78, 5) is 12.9. The van der Waals surface area contributed by atoms with Gasteiger partial charge in [0.1, 0.15) is 11.8 Å². The van der Waals surface area contributed by atoms with Crippen molar-refractivity contribution < 1.29 is 17.9 Å². The molecular formula is C18H22N2O4S. The highest BCUT2D eigenvalue weighted by Crippen LogP contribution is 2.28. The average Bonchev–Trinajstić information content (AvgIpc) is 2.57. The van der Waals surface area contributed by atoms with E-state index in [1.165, 1.54) is 7.05 Å². The van der Waals surface area contributed by atoms with Crippen LogP contribution in [0.3, 0.4) is 0 Å². The Balaban J connectivity index is 2.37. The number of ether oxygens (including phenoxy) is 1. The van der Waals surface area contributed by atoms with Gasteiger partial charge in [-0.25, -0.2) is 8.42 Å². The smallest absolute Gasteiger partial charge is 0.247 e. The lowest BCUT2D eigenvalue weighted by Gasteiger charge is -2.26. The van der Waals surface area contributed by atoms with Crippen molar-refractivity contribution in [2.24, 2.45) is 0 Å². The van der Waals surface area contributed by atoms with E-state index in [9.17, 15) is 13.2 Å². The predicted molar refractivity (Wildman–Crippen MR) is 98.0 cm³/mol. The molecule has 0 aromatic heterocycles. The quantitative estimate of drug-likeness (QED) is 0.822. The fraction of sp³-hybridized carbons (Fsp3) is 0.278. The molecule has 134 valence electrons. The second-order valence-corrected chi connectivity index (χ2v) is 7.55. The number of carbonyl (C=O) groups is 1. The molecule has 0 aliphatic heterocycles. The molecule has 0 radical (unpaired) electrons. The minimum atomic E-state index is -3.57. The van der Waals surface area contributed by atoms with E-state index in [-0.39, 0.29) is 0 Å². The molecule has 1 atom stereocenters. The Morgan fingerprint density at radius 2 is 1.72 bits per heavy atom. The number of hydrogen-bond donors (Lipinski definition) is 1. The van der Waals surface area contributed by atoms with Crippen molar-refractivity contribution in [2.45, 2.75) is 13.0 Å². The Kier molecular flexibility index (Phi) is 6.17. The maximum Gasteiger partial charge on any atom is 0.247 e. The van der Waals surface area contributed by atoms with Crippen LogP contribution in [-0.2, 0) is 14.8 Å². The third-order valence-corrected chi connectivity index (χ3v) is 4.95. The first-order valence-corrected chi connectivity index (χ1v) is 9.70. The number of rotatable bonds is 7. The first-order valence-electron chi connectivity index (χ1n) is 7.85. The summed E-state index contributed by atoms with van der Waals surface area (Å²) < 4.78 is 30.5. The first kappa shape index (κ1) is 19.0. The van der Waals surface area contributed by atoms with Gasteiger partial charge < -0.3 is 10.1 Å². The number of likely N-dealkylation sites (N-methyl/N-ethyl adjacent to an activating group) is 1. The summed E-state index contributed by atoms with van der Waals surface area (Å²) in [5.74, 6) is 0.0819. The number of benzene rings is 2. The third-order valence-electron chi connectivity index (χ3n) is 3.70. The van der Waals surface area contributed by atoms with E-state index >= 15 is 0 Å². The van der Waals surface area contributed by atoms with Crippen LogP contribution in [0.4, 0.5) is 5.69 Å². The number of carbonyl (C=O) groups excluding carboxylic acids is 1. The Morgan fingerprint density at radius 3 is 2.32 bits per heavy atom. The fourth-order valence-corrected chi connectivity index (χ4v) is 3.01. The second-order valence-electron chi connectivity index (χ2n) is 5.51. The molecule has 0 aliphatic rings. The van der Waals surface area contributed by atoms with Gasteiger partial charge in [0.25, 0.3) is 0 Å². The van der Waals surface area contributed by atoms with Gasteiger partial charge in [0.2, 0.25) is 15.9 Å². The molecule has 6 nitrogen and oxygen atoms in total. The van der Waals surface area contributed by atoms with Crippen molar-refractivity contribution in [3.05, 3.63) is 60.2 Å². The third kappa shape index (κ3) is 4.80. The molecule has 25 heavy (non-hydrogen) atoms. The van der Waals surface area contributed by atoms with Gasteiger partial charge >= 0.3 is 0 Å². The van der Waals surface area contributed by atoms with Gasteiger partial charge in [-0.15, -0.1) is 0 Å². The Hall–Kier alpha value is -2.38. The molecular weight excluding hydrogens is 340 g/mol. The van der Waals surface area contributed by atoms with Crippen LogP contribution in [-0.4, -0.2) is 38.5 Å². The molecule has 0 spiro atoms. The Labute approximate surface area is 148 Å². The van der Waals surface area contributed by atoms with E-state index in [4.69, 9.17) is 4.74 Å². The van der Waals surface area contributed by atoms with Crippen molar-refractivity contribution >= 4 is 21.6 Å². The van der Waals surface area contributed by atoms with Crippen molar-refractivity contribution in [3.63, 3.8) is 0 Å². The van der Waals surface area contributed by atoms with Crippen molar-refractivity contribution in [1.82, 2.24) is 4.31 Å². The largest absolute Gasteiger partial charge is 0.492 e. The molecule has 2 aromatic carbocycles. The molecule has 1 N–H and O–H groups in total. The Morgan fingerprint density at radius 1 is 1.12 bits per heavy atom. The maximum absolute atomic E-state index is 12.9. The molecule has 7 heteroatoms. The summed E-state index contributed by atoms with van der Waals surface area (Å²) in [5.41, 5.74) is 1.08. The van der Waals surface area contributed by atoms with Crippen LogP contribution in [0.5, 0.6) is 5.75 Å². The maximum atomic E-state index is 12.9. The first-order chi connectivity index (χ1) is 11.8. The molecule has 2 rings (SSSR count). The molecule has 2 aromatic rings. The highest BCUT2D eigenvalue weighted by molar-refractivity contribution is 7.88. The molecule has 0 unspecified atom stereocenters. The summed E-state index contributed by atoms with van der Waals surface area (Å²) in [6, 6.07) is 14.8. The van der Waals surface area contributed by atoms with Gasteiger partial charge in [0, 0.05) is 7.05 Å². The molecule has 0 aliphatic carbocycles. The van der Waals surface area contributed by atoms with Gasteiger partial charge in [-0.05, 0) is 24.6 Å². The zero-order chi connectivity index (χ0) is 18.4. The number of sulfonamides is 1. The fourth-order valence-electron chi connectivity index (χ4n) is 2.41. The zero-order valence-electron chi connectivity index (χ0n) is 14.5. The zero-order valence-corrected chi connectivity index (χ0v) is 15.3. The summed E-state index contributed by atoms with van der Waals surface area (Å²) in [5, 5.41) is 2.78. The molecule has 0 fully saturated rings. The highest BCUT2D eigenvalue weighted by Gasteiger charge is 2.31. The van der Waals surface area contributed by atoms with Crippen LogP contribution in [0.25, 0.3) is 0 Å². The van der Waals surface area contributed by atoms with Crippen LogP contribution in [0.2, 0.25) is 0 Å². The number of nitrogens with one attached hydrogen (secondary N) is 1. The van der Waals surface area contributed by atoms with Crippen LogP contribution >= 0.6 is 0 Å². The normalized spacial score (nSPS) is 12.6. The average molecular weight is 362 g/mol. The number of amides is 1. The molecule has 0 saturated heterocycles. The highest BCUT2D eigenvalue weighted by atomic mass is 32.2. The number of hydrogen-bond acceptors (Lipinski definition) is 4. The Bertz CT molecular complexity index is 822. The van der Waals surface area contributed by atoms with Crippen LogP contribution < -0.4 is 10.1 Å². The minimum absolute atomic E-state index is 0.453. The van der Waals surface area contributed by atoms with Gasteiger partial charge in [-0.1, -0.05) is 42.5 Å². The lowest BCUT2D eigenvalue weighted by atomic mass is 10.1. The van der Waals surface area contributed by atoms with Crippen LogP contribution in [0.1, 0.15) is 18.5 Å². The lowest BCUT2D eigenvalue weighted by Crippen LogP contribution is -2.38. The van der Waals surface area contributed by atoms with E-state index < -0.39 is 22.0 Å². The summed E-state index contributed by atoms with van der Waals surface area (Å²) in [6.45, 7) is 2.31. The number of nitrogens with zero attached hydrogens (tertiary/aromatic N) is 1. The minimum Gasteiger partial charge on any atom is -0.492 e. The van der Waals surface area contributed by atoms with E-state index in [1.807, 2.05) is 13.0 Å². The van der Waals surface area contributed by atoms with Crippen molar-refractivity contribution in [2.75, 3.05) is 25.2 Å². The van der Waals surface area contributed by atoms with Gasteiger partial charge in [-0.2, -0.15) is 4.31 Å². The topological polar surface area (TPSA) is 75.7 Å². The summed E-state index contributed by atoms with van der Waals surface area (Å²) in [6.07, 6.45) is 1.07. The predicted octanol–water partition coefficient (Wildman–Crippen LogP) is 2.66. The molecule has 1 amide bonds. The van der Waals surface area contributed by atoms with E-state index in [2.05, 4.69) is 5.32 Å². The molecule has 0 saturated carbocycles. The molecule has 0 heterocycles. The number of anilines is 1. The van der Waals surface area contributed by atoms with Gasteiger partial charge in [0.15, 0.2) is 0 Å². The number of para-hydroxylation sites is 2. The second kappa shape index (κ2) is 8.13. The lowest BCUT2D eigenvalue weighted by molar-refractivity contribution is -0.119. The van der Waals surface area contributed by atoms with Gasteiger partial charge in [-0.3, -0.25) is 4.79 Å². The summed E-state index contributed by atoms with van der Waals surface area (Å²) in [7, 11) is -2.18. The standard InChI is InChI=1S/C18H22N2O4S/c1-4-24-16-13-9-8-12-15(16)19-18(21)17(20(2)25(3,22)23)14-10-6-5-7-11-14/h5-13,17H,4H2,1-3H3,(H,19,21)/t17-/m1/s1. The van der Waals surface area contributed by atoms with Gasteiger partial charge in [0.05, 0.1) is 18.6 Å². The monoisotopic (exact) mass is 362 g/mol. The van der Waals surface area contributed by atoms with E-state index in [1.54, 1.807) is 48.5 Å². The van der Waals surface area contributed by atoms with E-state index in [0.717, 1.165) is 10.6 Å². The van der Waals surface area contributed by atoms with E-state index in [0.29, 0.717) is 23.6 Å². The van der Waals surface area contributed by atoms with Crippen molar-refractivity contribution in [3.8, 4) is 5.75 Å².